The summed E-state index contributed by atoms with van der Waals surface area (Å²) in [7, 11) is -4.67. The monoisotopic (exact) mass is 297 g/mol. The first-order valence-corrected chi connectivity index (χ1v) is 6.89. The van der Waals surface area contributed by atoms with E-state index in [4.69, 9.17) is 29.0 Å². The Bertz CT molecular complexity index is 696. The van der Waals surface area contributed by atoms with E-state index < -0.39 is 10.4 Å². The summed E-state index contributed by atoms with van der Waals surface area (Å²) < 4.78 is 31.6. The Morgan fingerprint density at radius 1 is 1.05 bits per heavy atom. The third kappa shape index (κ3) is 6.14. The molecule has 0 aliphatic carbocycles. The predicted molar refractivity (Wildman–Crippen MR) is 77.6 cm³/mol. The van der Waals surface area contributed by atoms with Crippen molar-refractivity contribution in [3.8, 4) is 0 Å². The summed E-state index contributed by atoms with van der Waals surface area (Å²) in [5.41, 5.74) is 11.8. The molecule has 0 bridgehead atoms. The molecule has 0 saturated carbocycles. The van der Waals surface area contributed by atoms with Gasteiger partial charge in [0, 0.05) is 0 Å². The Kier molecular flexibility index (Phi) is 5.44. The normalized spacial score (nSPS) is 10.5. The van der Waals surface area contributed by atoms with Crippen molar-refractivity contribution in [3.05, 3.63) is 48.0 Å². The van der Waals surface area contributed by atoms with E-state index in [-0.39, 0.29) is 5.96 Å². The molecule has 0 radical (unpaired) electrons. The lowest BCUT2D eigenvalue weighted by atomic mass is 10.1. The van der Waals surface area contributed by atoms with E-state index in [1.165, 1.54) is 10.8 Å². The van der Waals surface area contributed by atoms with Gasteiger partial charge in [0.15, 0.2) is 5.96 Å². The highest BCUT2D eigenvalue weighted by Gasteiger charge is 1.98. The average Bonchev–Trinajstić information content (AvgIpc) is 2.34. The standard InChI is InChI=1S/C12H13N3.H2O4S/c13-12(14)15-8-10-6-3-5-9-4-1-2-7-11(9)10;1-5(2,3)4/h1-7H,8H2,(H4,13,14,15);(H2,1,2,3,4). The summed E-state index contributed by atoms with van der Waals surface area (Å²) in [6, 6.07) is 14.3. The fourth-order valence-corrected chi connectivity index (χ4v) is 1.61. The van der Waals surface area contributed by atoms with Crippen LogP contribution in [-0.2, 0) is 16.9 Å². The Morgan fingerprint density at radius 3 is 2.20 bits per heavy atom. The van der Waals surface area contributed by atoms with Crippen LogP contribution in [0.2, 0.25) is 0 Å². The minimum absolute atomic E-state index is 0.128. The van der Waals surface area contributed by atoms with Crippen molar-refractivity contribution in [2.75, 3.05) is 0 Å². The minimum atomic E-state index is -4.67. The molecule has 7 nitrogen and oxygen atoms in total. The predicted octanol–water partition coefficient (Wildman–Crippen LogP) is 0.960. The van der Waals surface area contributed by atoms with Crippen molar-refractivity contribution in [1.29, 1.82) is 0 Å². The number of hydrogen-bond acceptors (Lipinski definition) is 3. The van der Waals surface area contributed by atoms with Gasteiger partial charge in [-0.25, -0.2) is 4.99 Å². The molecule has 8 heteroatoms. The first kappa shape index (κ1) is 15.9. The van der Waals surface area contributed by atoms with E-state index in [0.717, 1.165) is 5.56 Å². The zero-order valence-corrected chi connectivity index (χ0v) is 11.3. The van der Waals surface area contributed by atoms with Crippen LogP contribution >= 0.6 is 0 Å². The topological polar surface area (TPSA) is 139 Å². The van der Waals surface area contributed by atoms with E-state index >= 15 is 0 Å². The molecule has 0 amide bonds. The molecule has 0 spiro atoms. The number of rotatable bonds is 2. The summed E-state index contributed by atoms with van der Waals surface area (Å²) in [5, 5.41) is 2.41. The third-order valence-corrected chi connectivity index (χ3v) is 2.31. The quantitative estimate of drug-likeness (QED) is 0.370. The first-order chi connectivity index (χ1) is 9.27. The maximum absolute atomic E-state index is 8.74. The number of guanidine groups is 1. The number of benzene rings is 2. The van der Waals surface area contributed by atoms with Gasteiger partial charge in [-0.05, 0) is 16.3 Å². The van der Waals surface area contributed by atoms with E-state index in [1.54, 1.807) is 0 Å². The van der Waals surface area contributed by atoms with Crippen LogP contribution < -0.4 is 11.5 Å². The maximum Gasteiger partial charge on any atom is 0.394 e. The van der Waals surface area contributed by atoms with E-state index in [1.807, 2.05) is 24.3 Å². The molecular weight excluding hydrogens is 282 g/mol. The molecule has 2 aromatic carbocycles. The van der Waals surface area contributed by atoms with Crippen molar-refractivity contribution in [2.24, 2.45) is 16.5 Å². The van der Waals surface area contributed by atoms with Crippen LogP contribution in [0.3, 0.4) is 0 Å². The summed E-state index contributed by atoms with van der Waals surface area (Å²) >= 11 is 0. The van der Waals surface area contributed by atoms with Crippen molar-refractivity contribution in [3.63, 3.8) is 0 Å². The lowest BCUT2D eigenvalue weighted by Crippen LogP contribution is -2.22. The first-order valence-electron chi connectivity index (χ1n) is 5.49. The van der Waals surface area contributed by atoms with Crippen molar-refractivity contribution >= 4 is 27.1 Å². The molecule has 0 heterocycles. The lowest BCUT2D eigenvalue weighted by Gasteiger charge is -2.03. The summed E-state index contributed by atoms with van der Waals surface area (Å²) in [5.74, 6) is 0.128. The number of nitrogens with zero attached hydrogens (tertiary/aromatic N) is 1. The van der Waals surface area contributed by atoms with Gasteiger partial charge in [0.05, 0.1) is 6.54 Å². The molecule has 0 aliphatic heterocycles. The molecule has 0 fully saturated rings. The van der Waals surface area contributed by atoms with Crippen molar-refractivity contribution < 1.29 is 17.5 Å². The second-order valence-corrected chi connectivity index (χ2v) is 4.72. The van der Waals surface area contributed by atoms with E-state index in [2.05, 4.69) is 23.2 Å². The fraction of sp³-hybridized carbons (Fsp3) is 0.0833. The van der Waals surface area contributed by atoms with Gasteiger partial charge in [-0.1, -0.05) is 42.5 Å². The molecule has 0 aliphatic rings. The average molecular weight is 297 g/mol. The lowest BCUT2D eigenvalue weighted by molar-refractivity contribution is 0.381. The Morgan fingerprint density at radius 2 is 1.60 bits per heavy atom. The molecular formula is C12H15N3O4S. The third-order valence-electron chi connectivity index (χ3n) is 2.31. The number of aliphatic imine (C=N–C) groups is 1. The van der Waals surface area contributed by atoms with Crippen molar-refractivity contribution in [2.45, 2.75) is 6.54 Å². The molecule has 2 rings (SSSR count). The van der Waals surface area contributed by atoms with Crippen LogP contribution in [0.5, 0.6) is 0 Å². The second kappa shape index (κ2) is 6.85. The molecule has 0 unspecified atom stereocenters. The Hall–Kier alpha value is -2.16. The smallest absolute Gasteiger partial charge is 0.370 e. The highest BCUT2D eigenvalue weighted by molar-refractivity contribution is 7.79. The van der Waals surface area contributed by atoms with Crippen LogP contribution in [0.1, 0.15) is 5.56 Å². The molecule has 6 N–H and O–H groups in total. The van der Waals surface area contributed by atoms with Gasteiger partial charge in [-0.15, -0.1) is 0 Å². The highest BCUT2D eigenvalue weighted by Crippen LogP contribution is 2.18. The van der Waals surface area contributed by atoms with Gasteiger partial charge < -0.3 is 11.5 Å². The fourth-order valence-electron chi connectivity index (χ4n) is 1.61. The Balaban J connectivity index is 0.000000347. The minimum Gasteiger partial charge on any atom is -0.370 e. The van der Waals surface area contributed by atoms with E-state index in [0.29, 0.717) is 6.54 Å². The van der Waals surface area contributed by atoms with Gasteiger partial charge in [-0.2, -0.15) is 8.42 Å². The molecule has 0 aromatic heterocycles. The van der Waals surface area contributed by atoms with Crippen LogP contribution in [0.15, 0.2) is 47.5 Å². The molecule has 20 heavy (non-hydrogen) atoms. The van der Waals surface area contributed by atoms with E-state index in [9.17, 15) is 0 Å². The molecule has 2 aromatic rings. The zero-order chi connectivity index (χ0) is 15.2. The Labute approximate surface area is 116 Å². The largest absolute Gasteiger partial charge is 0.394 e. The van der Waals surface area contributed by atoms with Gasteiger partial charge in [0.25, 0.3) is 0 Å². The number of fused-ring (bicyclic) bond motifs is 1. The SMILES string of the molecule is NC(N)=NCc1cccc2ccccc12.O=S(=O)(O)O. The zero-order valence-electron chi connectivity index (χ0n) is 10.5. The maximum atomic E-state index is 8.74. The van der Waals surface area contributed by atoms with Gasteiger partial charge in [0.2, 0.25) is 0 Å². The summed E-state index contributed by atoms with van der Waals surface area (Å²) in [4.78, 5) is 4.02. The molecule has 0 saturated heterocycles. The van der Waals surface area contributed by atoms with Gasteiger partial charge >= 0.3 is 10.4 Å². The van der Waals surface area contributed by atoms with Crippen LogP contribution in [0.25, 0.3) is 10.8 Å². The summed E-state index contributed by atoms with van der Waals surface area (Å²) in [6.07, 6.45) is 0. The number of hydrogen-bond donors (Lipinski definition) is 4. The molecule has 108 valence electrons. The van der Waals surface area contributed by atoms with Gasteiger partial charge in [0.1, 0.15) is 0 Å². The van der Waals surface area contributed by atoms with Crippen LogP contribution in [0, 0.1) is 0 Å². The van der Waals surface area contributed by atoms with Gasteiger partial charge in [-0.3, -0.25) is 9.11 Å². The molecule has 0 atom stereocenters. The van der Waals surface area contributed by atoms with Crippen LogP contribution in [0.4, 0.5) is 0 Å². The van der Waals surface area contributed by atoms with Crippen LogP contribution in [-0.4, -0.2) is 23.5 Å². The second-order valence-electron chi connectivity index (χ2n) is 3.83. The highest BCUT2D eigenvalue weighted by atomic mass is 32.3. The van der Waals surface area contributed by atoms with Crippen molar-refractivity contribution in [1.82, 2.24) is 0 Å². The summed E-state index contributed by atoms with van der Waals surface area (Å²) in [6.45, 7) is 0.531. The number of nitrogens with two attached hydrogens (primary N) is 2.